The summed E-state index contributed by atoms with van der Waals surface area (Å²) in [6.45, 7) is 0.622. The molecule has 39 heavy (non-hydrogen) atoms. The van der Waals surface area contributed by atoms with E-state index >= 15 is 0 Å². The van der Waals surface area contributed by atoms with Crippen LogP contribution in [0.5, 0.6) is 0 Å². The highest BCUT2D eigenvalue weighted by Crippen LogP contribution is 2.29. The Morgan fingerprint density at radius 3 is 2.33 bits per heavy atom. The highest BCUT2D eigenvalue weighted by molar-refractivity contribution is 5.85. The van der Waals surface area contributed by atoms with Gasteiger partial charge in [-0.05, 0) is 54.7 Å². The van der Waals surface area contributed by atoms with E-state index < -0.39 is 0 Å². The summed E-state index contributed by atoms with van der Waals surface area (Å²) in [5.74, 6) is 0.147. The Kier molecular flexibility index (Phi) is 9.85. The second-order valence-electron chi connectivity index (χ2n) is 10.0. The van der Waals surface area contributed by atoms with Gasteiger partial charge in [0.15, 0.2) is 0 Å². The molecule has 0 aliphatic heterocycles. The monoisotopic (exact) mass is 547 g/mol. The highest BCUT2D eigenvalue weighted by atomic mass is 35.5. The zero-order valence-corrected chi connectivity index (χ0v) is 23.0. The molecule has 0 bridgehead atoms. The van der Waals surface area contributed by atoms with Crippen LogP contribution in [0.2, 0.25) is 0 Å². The second-order valence-corrected chi connectivity index (χ2v) is 10.0. The van der Waals surface area contributed by atoms with Gasteiger partial charge in [-0.1, -0.05) is 61.7 Å². The molecule has 0 saturated heterocycles. The van der Waals surface area contributed by atoms with Crippen LogP contribution < -0.4 is 16.2 Å². The third-order valence-corrected chi connectivity index (χ3v) is 7.29. The Labute approximate surface area is 235 Å². The molecule has 1 aliphatic carbocycles. The van der Waals surface area contributed by atoms with Gasteiger partial charge in [0.25, 0.3) is 5.56 Å². The van der Waals surface area contributed by atoms with Crippen LogP contribution in [-0.4, -0.2) is 33.2 Å². The Hall–Kier alpha value is -3.55. The SMILES string of the molecule is Cl.Cn1c(NCC(Cc2ccccc2)NC2CCCCC2)nc(-c2ccncc2)c(-c2ccc(F)cc2)c1=O. The molecule has 0 radical (unpaired) electrons. The molecule has 2 heterocycles. The summed E-state index contributed by atoms with van der Waals surface area (Å²) in [6, 6.07) is 20.8. The van der Waals surface area contributed by atoms with Crippen molar-refractivity contribution in [2.75, 3.05) is 11.9 Å². The van der Waals surface area contributed by atoms with Crippen molar-refractivity contribution in [3.63, 3.8) is 0 Å². The van der Waals surface area contributed by atoms with Crippen molar-refractivity contribution >= 4 is 18.4 Å². The number of nitrogens with one attached hydrogen (secondary N) is 2. The van der Waals surface area contributed by atoms with Gasteiger partial charge in [-0.3, -0.25) is 14.3 Å². The third kappa shape index (κ3) is 7.11. The summed E-state index contributed by atoms with van der Waals surface area (Å²) in [6.07, 6.45) is 10.5. The molecular weight excluding hydrogens is 513 g/mol. The van der Waals surface area contributed by atoms with Crippen molar-refractivity contribution < 1.29 is 4.39 Å². The van der Waals surface area contributed by atoms with E-state index in [0.717, 1.165) is 12.0 Å². The Morgan fingerprint density at radius 2 is 1.64 bits per heavy atom. The van der Waals surface area contributed by atoms with E-state index in [4.69, 9.17) is 4.98 Å². The number of nitrogens with zero attached hydrogens (tertiary/aromatic N) is 3. The fourth-order valence-corrected chi connectivity index (χ4v) is 5.26. The molecule has 1 saturated carbocycles. The fraction of sp³-hybridized carbons (Fsp3) is 0.323. The minimum absolute atomic E-state index is 0. The predicted molar refractivity (Wildman–Crippen MR) is 158 cm³/mol. The molecule has 6 nitrogen and oxygen atoms in total. The van der Waals surface area contributed by atoms with Crippen LogP contribution in [-0.2, 0) is 13.5 Å². The molecule has 4 aromatic rings. The van der Waals surface area contributed by atoms with Crippen LogP contribution in [0.1, 0.15) is 37.7 Å². The van der Waals surface area contributed by atoms with E-state index in [-0.39, 0.29) is 29.8 Å². The van der Waals surface area contributed by atoms with Gasteiger partial charge >= 0.3 is 0 Å². The van der Waals surface area contributed by atoms with Gasteiger partial charge in [0.05, 0.1) is 11.3 Å². The fourth-order valence-electron chi connectivity index (χ4n) is 5.26. The Morgan fingerprint density at radius 1 is 0.949 bits per heavy atom. The number of hydrogen-bond acceptors (Lipinski definition) is 5. The van der Waals surface area contributed by atoms with Crippen molar-refractivity contribution in [3.8, 4) is 22.4 Å². The van der Waals surface area contributed by atoms with Crippen molar-refractivity contribution in [3.05, 3.63) is 101 Å². The van der Waals surface area contributed by atoms with E-state index in [1.54, 1.807) is 36.1 Å². The number of rotatable bonds is 9. The predicted octanol–water partition coefficient (Wildman–Crippen LogP) is 6.02. The van der Waals surface area contributed by atoms with Gasteiger partial charge < -0.3 is 10.6 Å². The average Bonchev–Trinajstić information content (AvgIpc) is 2.96. The van der Waals surface area contributed by atoms with Gasteiger partial charge in [0, 0.05) is 43.6 Å². The van der Waals surface area contributed by atoms with Gasteiger partial charge in [-0.25, -0.2) is 9.37 Å². The first-order valence-electron chi connectivity index (χ1n) is 13.4. The zero-order valence-electron chi connectivity index (χ0n) is 22.1. The summed E-state index contributed by atoms with van der Waals surface area (Å²) in [7, 11) is 1.72. The smallest absolute Gasteiger partial charge is 0.263 e. The van der Waals surface area contributed by atoms with Crippen LogP contribution in [0.25, 0.3) is 22.4 Å². The van der Waals surface area contributed by atoms with E-state index in [2.05, 4.69) is 39.9 Å². The molecule has 2 aromatic heterocycles. The maximum Gasteiger partial charge on any atom is 0.263 e. The van der Waals surface area contributed by atoms with Gasteiger partial charge in [-0.2, -0.15) is 0 Å². The van der Waals surface area contributed by atoms with Crippen LogP contribution in [0.15, 0.2) is 83.9 Å². The number of benzene rings is 2. The van der Waals surface area contributed by atoms with Gasteiger partial charge in [-0.15, -0.1) is 12.4 Å². The summed E-state index contributed by atoms with van der Waals surface area (Å²) in [5.41, 5.74) is 3.46. The lowest BCUT2D eigenvalue weighted by atomic mass is 9.94. The molecule has 5 rings (SSSR count). The van der Waals surface area contributed by atoms with E-state index in [9.17, 15) is 9.18 Å². The van der Waals surface area contributed by atoms with Crippen LogP contribution in [0.4, 0.5) is 10.3 Å². The lowest BCUT2D eigenvalue weighted by molar-refractivity contribution is 0.338. The van der Waals surface area contributed by atoms with Crippen molar-refractivity contribution in [1.29, 1.82) is 0 Å². The van der Waals surface area contributed by atoms with Crippen LogP contribution in [0.3, 0.4) is 0 Å². The largest absolute Gasteiger partial charge is 0.354 e. The molecule has 8 heteroatoms. The number of halogens is 2. The first-order valence-corrected chi connectivity index (χ1v) is 13.4. The van der Waals surface area contributed by atoms with Gasteiger partial charge in [0.2, 0.25) is 5.95 Å². The van der Waals surface area contributed by atoms with E-state index in [0.29, 0.717) is 35.4 Å². The maximum absolute atomic E-state index is 13.7. The summed E-state index contributed by atoms with van der Waals surface area (Å²) >= 11 is 0. The molecule has 2 aromatic carbocycles. The van der Waals surface area contributed by atoms with Gasteiger partial charge in [0.1, 0.15) is 5.82 Å². The summed E-state index contributed by atoms with van der Waals surface area (Å²) < 4.78 is 15.2. The highest BCUT2D eigenvalue weighted by Gasteiger charge is 2.21. The number of pyridine rings is 1. The molecule has 1 aliphatic rings. The summed E-state index contributed by atoms with van der Waals surface area (Å²) in [4.78, 5) is 22.7. The minimum atomic E-state index is -0.350. The number of hydrogen-bond donors (Lipinski definition) is 2. The minimum Gasteiger partial charge on any atom is -0.354 e. The lowest BCUT2D eigenvalue weighted by Gasteiger charge is -2.29. The number of aromatic nitrogens is 3. The Bertz CT molecular complexity index is 1390. The molecule has 1 fully saturated rings. The lowest BCUT2D eigenvalue weighted by Crippen LogP contribution is -2.45. The normalized spacial score (nSPS) is 14.4. The summed E-state index contributed by atoms with van der Waals surface area (Å²) in [5, 5.41) is 7.35. The molecule has 0 spiro atoms. The van der Waals surface area contributed by atoms with Crippen molar-refractivity contribution in [2.24, 2.45) is 7.05 Å². The molecule has 0 amide bonds. The average molecular weight is 548 g/mol. The zero-order chi connectivity index (χ0) is 26.3. The van der Waals surface area contributed by atoms with Crippen LogP contribution >= 0.6 is 12.4 Å². The van der Waals surface area contributed by atoms with Crippen LogP contribution in [0, 0.1) is 5.82 Å². The van der Waals surface area contributed by atoms with E-state index in [1.807, 2.05) is 18.2 Å². The molecule has 1 atom stereocenters. The molecular formula is C31H35ClFN5O. The topological polar surface area (TPSA) is 71.8 Å². The number of anilines is 1. The molecule has 1 unspecified atom stereocenters. The first-order chi connectivity index (χ1) is 18.6. The maximum atomic E-state index is 13.7. The first kappa shape index (κ1) is 28.5. The standard InChI is InChI=1S/C31H34FN5O.ClH/c1-37-30(38)28(23-12-14-25(32)15-13-23)29(24-16-18-33-19-17-24)36-31(37)34-21-27(20-22-8-4-2-5-9-22)35-26-10-6-3-7-11-26;/h2,4-5,8-9,12-19,26-27,35H,3,6-7,10-11,20-21H2,1H3,(H,34,36);1H. The van der Waals surface area contributed by atoms with Crippen molar-refractivity contribution in [2.45, 2.75) is 50.6 Å². The quantitative estimate of drug-likeness (QED) is 0.268. The van der Waals surface area contributed by atoms with E-state index in [1.165, 1.54) is 49.8 Å². The second kappa shape index (κ2) is 13.5. The Balaban J connectivity index is 0.00000353. The third-order valence-electron chi connectivity index (χ3n) is 7.29. The van der Waals surface area contributed by atoms with Crippen molar-refractivity contribution in [1.82, 2.24) is 19.9 Å². The molecule has 204 valence electrons. The molecule has 2 N–H and O–H groups in total.